The molecule has 0 radical (unpaired) electrons. The van der Waals surface area contributed by atoms with Gasteiger partial charge in [-0.25, -0.2) is 4.79 Å². The lowest BCUT2D eigenvalue weighted by molar-refractivity contribution is -0.120. The molecular formula is C14H22N4O2S. The summed E-state index contributed by atoms with van der Waals surface area (Å²) in [4.78, 5) is 28.6. The van der Waals surface area contributed by atoms with Gasteiger partial charge < -0.3 is 10.2 Å². The summed E-state index contributed by atoms with van der Waals surface area (Å²) < 4.78 is 0. The summed E-state index contributed by atoms with van der Waals surface area (Å²) in [7, 11) is 1.50. The molecule has 0 bridgehead atoms. The predicted molar refractivity (Wildman–Crippen MR) is 83.3 cm³/mol. The zero-order valence-corrected chi connectivity index (χ0v) is 13.1. The topological polar surface area (TPSA) is 64.7 Å². The standard InChI is InChI=1S/C14H22N4O2S/c1-15-14(20)16-13(19)4-5-17-6-8-18(9-7-17)11-12-3-2-10-21-12/h2-3,10H,4-9,11H2,1H3,(H2,15,16,19,20). The lowest BCUT2D eigenvalue weighted by Gasteiger charge is -2.34. The molecule has 116 valence electrons. The molecular weight excluding hydrogens is 288 g/mol. The number of carbonyl (C=O) groups excluding carboxylic acids is 2. The number of nitrogens with zero attached hydrogens (tertiary/aromatic N) is 2. The number of carbonyl (C=O) groups is 2. The highest BCUT2D eigenvalue weighted by Gasteiger charge is 2.18. The van der Waals surface area contributed by atoms with Crippen LogP contribution in [0.15, 0.2) is 17.5 Å². The van der Waals surface area contributed by atoms with Crippen molar-refractivity contribution < 1.29 is 9.59 Å². The van der Waals surface area contributed by atoms with Gasteiger partial charge in [0.2, 0.25) is 5.91 Å². The summed E-state index contributed by atoms with van der Waals surface area (Å²) in [6, 6.07) is 3.81. The van der Waals surface area contributed by atoms with E-state index in [1.54, 1.807) is 11.3 Å². The van der Waals surface area contributed by atoms with Crippen molar-refractivity contribution in [1.82, 2.24) is 20.4 Å². The predicted octanol–water partition coefficient (Wildman–Crippen LogP) is 0.711. The number of piperazine rings is 1. The maximum Gasteiger partial charge on any atom is 0.321 e. The molecule has 1 saturated heterocycles. The van der Waals surface area contributed by atoms with Crippen molar-refractivity contribution in [2.45, 2.75) is 13.0 Å². The Morgan fingerprint density at radius 1 is 1.24 bits per heavy atom. The average Bonchev–Trinajstić information content (AvgIpc) is 2.99. The van der Waals surface area contributed by atoms with Crippen molar-refractivity contribution in [2.75, 3.05) is 39.8 Å². The molecule has 1 aromatic heterocycles. The van der Waals surface area contributed by atoms with Crippen molar-refractivity contribution in [3.63, 3.8) is 0 Å². The van der Waals surface area contributed by atoms with Crippen molar-refractivity contribution in [2.24, 2.45) is 0 Å². The van der Waals surface area contributed by atoms with Crippen LogP contribution >= 0.6 is 11.3 Å². The fourth-order valence-corrected chi connectivity index (χ4v) is 3.05. The fourth-order valence-electron chi connectivity index (χ4n) is 2.31. The minimum atomic E-state index is -0.444. The van der Waals surface area contributed by atoms with E-state index in [4.69, 9.17) is 0 Å². The Morgan fingerprint density at radius 3 is 2.57 bits per heavy atom. The van der Waals surface area contributed by atoms with Crippen molar-refractivity contribution in [3.05, 3.63) is 22.4 Å². The first-order valence-electron chi connectivity index (χ1n) is 7.16. The van der Waals surface area contributed by atoms with Gasteiger partial charge in [0.1, 0.15) is 0 Å². The monoisotopic (exact) mass is 310 g/mol. The number of hydrogen-bond acceptors (Lipinski definition) is 5. The van der Waals surface area contributed by atoms with Crippen LogP contribution in [0, 0.1) is 0 Å². The van der Waals surface area contributed by atoms with E-state index >= 15 is 0 Å². The third-order valence-corrected chi connectivity index (χ3v) is 4.42. The molecule has 1 aromatic rings. The van der Waals surface area contributed by atoms with Gasteiger partial charge in [0.15, 0.2) is 0 Å². The number of amides is 3. The van der Waals surface area contributed by atoms with Crippen LogP contribution < -0.4 is 10.6 Å². The molecule has 2 heterocycles. The van der Waals surface area contributed by atoms with Gasteiger partial charge in [-0.15, -0.1) is 11.3 Å². The second kappa shape index (κ2) is 8.11. The van der Waals surface area contributed by atoms with Crippen LogP contribution in [0.5, 0.6) is 0 Å². The largest absolute Gasteiger partial charge is 0.341 e. The summed E-state index contributed by atoms with van der Waals surface area (Å²) >= 11 is 1.79. The number of hydrogen-bond donors (Lipinski definition) is 2. The summed E-state index contributed by atoms with van der Waals surface area (Å²) in [6.45, 7) is 5.71. The Bertz CT molecular complexity index is 456. The molecule has 0 aromatic carbocycles. The van der Waals surface area contributed by atoms with Crippen LogP contribution in [0.25, 0.3) is 0 Å². The van der Waals surface area contributed by atoms with E-state index in [0.717, 1.165) is 32.7 Å². The number of nitrogens with one attached hydrogen (secondary N) is 2. The maximum absolute atomic E-state index is 11.5. The number of imide groups is 1. The molecule has 7 heteroatoms. The first-order valence-corrected chi connectivity index (χ1v) is 8.04. The molecule has 0 unspecified atom stereocenters. The highest BCUT2D eigenvalue weighted by atomic mass is 32.1. The van der Waals surface area contributed by atoms with E-state index in [1.165, 1.54) is 11.9 Å². The second-order valence-electron chi connectivity index (χ2n) is 5.07. The van der Waals surface area contributed by atoms with Crippen LogP contribution in [-0.2, 0) is 11.3 Å². The van der Waals surface area contributed by atoms with Gasteiger partial charge in [-0.05, 0) is 11.4 Å². The van der Waals surface area contributed by atoms with Gasteiger partial charge in [-0.3, -0.25) is 15.0 Å². The number of urea groups is 1. The van der Waals surface area contributed by atoms with Crippen LogP contribution in [-0.4, -0.2) is 61.5 Å². The molecule has 0 atom stereocenters. The smallest absolute Gasteiger partial charge is 0.321 e. The zero-order chi connectivity index (χ0) is 15.1. The summed E-state index contributed by atoms with van der Waals surface area (Å²) in [6.07, 6.45) is 0.359. The first kappa shape index (κ1) is 15.9. The molecule has 1 aliphatic rings. The maximum atomic E-state index is 11.5. The van der Waals surface area contributed by atoms with E-state index in [-0.39, 0.29) is 5.91 Å². The van der Waals surface area contributed by atoms with Gasteiger partial charge >= 0.3 is 6.03 Å². The van der Waals surface area contributed by atoms with Gasteiger partial charge in [-0.1, -0.05) is 6.07 Å². The average molecular weight is 310 g/mol. The lowest BCUT2D eigenvalue weighted by Crippen LogP contribution is -2.47. The molecule has 21 heavy (non-hydrogen) atoms. The van der Waals surface area contributed by atoms with Crippen molar-refractivity contribution in [3.8, 4) is 0 Å². The van der Waals surface area contributed by atoms with E-state index in [1.807, 2.05) is 0 Å². The Kier molecular flexibility index (Phi) is 6.16. The van der Waals surface area contributed by atoms with E-state index in [0.29, 0.717) is 13.0 Å². The van der Waals surface area contributed by atoms with Crippen molar-refractivity contribution >= 4 is 23.3 Å². The molecule has 2 N–H and O–H groups in total. The molecule has 0 spiro atoms. The Morgan fingerprint density at radius 2 is 1.95 bits per heavy atom. The third kappa shape index (κ3) is 5.45. The minimum Gasteiger partial charge on any atom is -0.341 e. The minimum absolute atomic E-state index is 0.227. The number of thiophene rings is 1. The van der Waals surface area contributed by atoms with Crippen LogP contribution in [0.4, 0.5) is 4.79 Å². The van der Waals surface area contributed by atoms with Gasteiger partial charge in [0, 0.05) is 57.6 Å². The summed E-state index contributed by atoms with van der Waals surface area (Å²) in [5.41, 5.74) is 0. The molecule has 0 saturated carbocycles. The molecule has 2 rings (SSSR count). The lowest BCUT2D eigenvalue weighted by atomic mass is 10.2. The van der Waals surface area contributed by atoms with Crippen LogP contribution in [0.2, 0.25) is 0 Å². The molecule has 0 aliphatic carbocycles. The Balaban J connectivity index is 1.62. The SMILES string of the molecule is CNC(=O)NC(=O)CCN1CCN(Cc2cccs2)CC1. The van der Waals surface area contributed by atoms with E-state index in [9.17, 15) is 9.59 Å². The molecule has 6 nitrogen and oxygen atoms in total. The van der Waals surface area contributed by atoms with Gasteiger partial charge in [-0.2, -0.15) is 0 Å². The molecule has 1 aliphatic heterocycles. The number of rotatable bonds is 5. The molecule has 3 amide bonds. The second-order valence-corrected chi connectivity index (χ2v) is 6.11. The highest BCUT2D eigenvalue weighted by Crippen LogP contribution is 2.13. The zero-order valence-electron chi connectivity index (χ0n) is 12.3. The summed E-state index contributed by atoms with van der Waals surface area (Å²) in [5, 5.41) is 6.76. The first-order chi connectivity index (χ1) is 10.2. The quantitative estimate of drug-likeness (QED) is 0.841. The summed E-state index contributed by atoms with van der Waals surface area (Å²) in [5.74, 6) is -0.227. The van der Waals surface area contributed by atoms with Gasteiger partial charge in [0.05, 0.1) is 0 Å². The third-order valence-electron chi connectivity index (χ3n) is 3.56. The van der Waals surface area contributed by atoms with E-state index < -0.39 is 6.03 Å². The van der Waals surface area contributed by atoms with Crippen molar-refractivity contribution in [1.29, 1.82) is 0 Å². The van der Waals surface area contributed by atoms with Crippen LogP contribution in [0.3, 0.4) is 0 Å². The molecule has 1 fully saturated rings. The van der Waals surface area contributed by atoms with Gasteiger partial charge in [0.25, 0.3) is 0 Å². The highest BCUT2D eigenvalue weighted by molar-refractivity contribution is 7.09. The fraction of sp³-hybridized carbons (Fsp3) is 0.571. The van der Waals surface area contributed by atoms with Crippen LogP contribution in [0.1, 0.15) is 11.3 Å². The Hall–Kier alpha value is -1.44. The van der Waals surface area contributed by atoms with E-state index in [2.05, 4.69) is 37.9 Å². The normalized spacial score (nSPS) is 16.6. The Labute approximate surface area is 129 Å².